The first-order chi connectivity index (χ1) is 9.76. The summed E-state index contributed by atoms with van der Waals surface area (Å²) in [6.07, 6.45) is -0.707. The number of rotatable bonds is 5. The zero-order valence-electron chi connectivity index (χ0n) is 12.2. The van der Waals surface area contributed by atoms with Crippen LogP contribution < -0.4 is 5.32 Å². The van der Waals surface area contributed by atoms with Gasteiger partial charge in [-0.15, -0.1) is 0 Å². The van der Waals surface area contributed by atoms with Gasteiger partial charge in [0.2, 0.25) is 0 Å². The topological polar surface area (TPSA) is 72.8 Å². The zero-order valence-corrected chi connectivity index (χ0v) is 13.7. The molecule has 5 nitrogen and oxygen atoms in total. The lowest BCUT2D eigenvalue weighted by Crippen LogP contribution is -2.46. The maximum Gasteiger partial charge on any atom is 0.322 e. The molecule has 118 valence electrons. The minimum atomic E-state index is -0.707. The smallest absolute Gasteiger partial charge is 0.322 e. The van der Waals surface area contributed by atoms with Gasteiger partial charge in [0, 0.05) is 11.6 Å². The fourth-order valence-electron chi connectivity index (χ4n) is 1.78. The lowest BCUT2D eigenvalue weighted by Gasteiger charge is -2.29. The molecule has 0 bridgehead atoms. The molecule has 0 heterocycles. The quantitative estimate of drug-likeness (QED) is 0.775. The number of aliphatic hydroxyl groups excluding tert-OH is 2. The van der Waals surface area contributed by atoms with E-state index in [0.717, 1.165) is 5.56 Å². The standard InChI is InChI=1S/C14H20Cl2N2O3/c1-8-4-12(16)13(5-11(8)15)17-14(21)18(6-10(3)20)9(2)7-19/h4-5,9-10,19-20H,6-7H2,1-3H3,(H,17,21)/t9-,10-/m0/s1. The highest BCUT2D eigenvalue weighted by molar-refractivity contribution is 6.36. The van der Waals surface area contributed by atoms with E-state index < -0.39 is 18.2 Å². The first-order valence-electron chi connectivity index (χ1n) is 6.58. The molecule has 7 heteroatoms. The van der Waals surface area contributed by atoms with E-state index in [9.17, 15) is 15.0 Å². The molecule has 21 heavy (non-hydrogen) atoms. The van der Waals surface area contributed by atoms with E-state index in [2.05, 4.69) is 5.32 Å². The van der Waals surface area contributed by atoms with E-state index in [0.29, 0.717) is 15.7 Å². The first-order valence-corrected chi connectivity index (χ1v) is 7.34. The molecular weight excluding hydrogens is 315 g/mol. The van der Waals surface area contributed by atoms with Crippen LogP contribution in [-0.2, 0) is 0 Å². The SMILES string of the molecule is Cc1cc(Cl)c(NC(=O)N(C[C@H](C)O)[C@@H](C)CO)cc1Cl. The molecular formula is C14H20Cl2N2O3. The third kappa shape index (κ3) is 5.04. The number of hydrogen-bond donors (Lipinski definition) is 3. The van der Waals surface area contributed by atoms with Gasteiger partial charge in [-0.3, -0.25) is 0 Å². The van der Waals surface area contributed by atoms with Gasteiger partial charge in [-0.25, -0.2) is 4.79 Å². The van der Waals surface area contributed by atoms with Gasteiger partial charge in [0.25, 0.3) is 0 Å². The van der Waals surface area contributed by atoms with Crippen molar-refractivity contribution in [1.82, 2.24) is 4.90 Å². The molecule has 0 radical (unpaired) electrons. The molecule has 3 N–H and O–H groups in total. The third-order valence-corrected chi connectivity index (χ3v) is 3.73. The lowest BCUT2D eigenvalue weighted by atomic mass is 10.2. The highest BCUT2D eigenvalue weighted by Crippen LogP contribution is 2.29. The van der Waals surface area contributed by atoms with Crippen LogP contribution in [0.1, 0.15) is 19.4 Å². The van der Waals surface area contributed by atoms with Crippen LogP contribution in [-0.4, -0.2) is 46.4 Å². The van der Waals surface area contributed by atoms with E-state index in [4.69, 9.17) is 23.2 Å². The molecule has 0 aliphatic carbocycles. The molecule has 1 rings (SSSR count). The predicted octanol–water partition coefficient (Wildman–Crippen LogP) is 2.90. The average molecular weight is 335 g/mol. The zero-order chi connectivity index (χ0) is 16.2. The Morgan fingerprint density at radius 2 is 1.95 bits per heavy atom. The summed E-state index contributed by atoms with van der Waals surface area (Å²) in [5.41, 5.74) is 1.20. The van der Waals surface area contributed by atoms with E-state index in [1.165, 1.54) is 4.90 Å². The van der Waals surface area contributed by atoms with Gasteiger partial charge in [-0.05, 0) is 38.5 Å². The van der Waals surface area contributed by atoms with Gasteiger partial charge in [0.15, 0.2) is 0 Å². The number of hydrogen-bond acceptors (Lipinski definition) is 3. The number of amides is 2. The summed E-state index contributed by atoms with van der Waals surface area (Å²) in [6, 6.07) is 2.34. The fraction of sp³-hybridized carbons (Fsp3) is 0.500. The summed E-state index contributed by atoms with van der Waals surface area (Å²) >= 11 is 12.1. The minimum Gasteiger partial charge on any atom is -0.394 e. The van der Waals surface area contributed by atoms with Gasteiger partial charge in [0.05, 0.1) is 29.5 Å². The van der Waals surface area contributed by atoms with Crippen molar-refractivity contribution in [3.63, 3.8) is 0 Å². The molecule has 0 saturated heterocycles. The second-order valence-corrected chi connectivity index (χ2v) is 5.86. The van der Waals surface area contributed by atoms with Crippen LogP contribution in [0.4, 0.5) is 10.5 Å². The molecule has 0 aromatic heterocycles. The number of nitrogens with zero attached hydrogens (tertiary/aromatic N) is 1. The van der Waals surface area contributed by atoms with Crippen LogP contribution in [0, 0.1) is 6.92 Å². The molecule has 1 aromatic rings. The Balaban J connectivity index is 2.93. The van der Waals surface area contributed by atoms with Crippen LogP contribution in [0.5, 0.6) is 0 Å². The molecule has 2 amide bonds. The second kappa shape index (κ2) is 7.84. The van der Waals surface area contributed by atoms with Crippen LogP contribution in [0.2, 0.25) is 10.0 Å². The van der Waals surface area contributed by atoms with Gasteiger partial charge < -0.3 is 20.4 Å². The fourth-order valence-corrected chi connectivity index (χ4v) is 2.20. The van der Waals surface area contributed by atoms with Crippen molar-refractivity contribution in [3.8, 4) is 0 Å². The van der Waals surface area contributed by atoms with Crippen molar-refractivity contribution in [2.75, 3.05) is 18.5 Å². The largest absolute Gasteiger partial charge is 0.394 e. The van der Waals surface area contributed by atoms with Crippen LogP contribution in [0.25, 0.3) is 0 Å². The Hall–Kier alpha value is -1.01. The molecule has 0 saturated carbocycles. The monoisotopic (exact) mass is 334 g/mol. The van der Waals surface area contributed by atoms with Crippen LogP contribution in [0.15, 0.2) is 12.1 Å². The summed E-state index contributed by atoms with van der Waals surface area (Å²) < 4.78 is 0. The molecule has 0 aliphatic rings. The number of urea groups is 1. The summed E-state index contributed by atoms with van der Waals surface area (Å²) in [7, 11) is 0. The predicted molar refractivity (Wildman–Crippen MR) is 85.2 cm³/mol. The van der Waals surface area contributed by atoms with E-state index in [1.807, 2.05) is 6.92 Å². The van der Waals surface area contributed by atoms with Crippen molar-refractivity contribution >= 4 is 34.9 Å². The van der Waals surface area contributed by atoms with Crippen molar-refractivity contribution in [3.05, 3.63) is 27.7 Å². The second-order valence-electron chi connectivity index (χ2n) is 5.04. The number of benzene rings is 1. The van der Waals surface area contributed by atoms with Crippen LogP contribution in [0.3, 0.4) is 0 Å². The van der Waals surface area contributed by atoms with Crippen LogP contribution >= 0.6 is 23.2 Å². The third-order valence-electron chi connectivity index (χ3n) is 3.01. The summed E-state index contributed by atoms with van der Waals surface area (Å²) in [5, 5.41) is 22.2. The first kappa shape index (κ1) is 18.0. The maximum atomic E-state index is 12.3. The highest BCUT2D eigenvalue weighted by Gasteiger charge is 2.22. The van der Waals surface area contributed by atoms with Crippen molar-refractivity contribution in [2.24, 2.45) is 0 Å². The summed E-state index contributed by atoms with van der Waals surface area (Å²) in [4.78, 5) is 13.6. The van der Waals surface area contributed by atoms with Gasteiger partial charge >= 0.3 is 6.03 Å². The highest BCUT2D eigenvalue weighted by atomic mass is 35.5. The molecule has 0 unspecified atom stereocenters. The Morgan fingerprint density at radius 3 is 2.48 bits per heavy atom. The molecule has 1 aromatic carbocycles. The summed E-state index contributed by atoms with van der Waals surface area (Å²) in [6.45, 7) is 4.96. The van der Waals surface area contributed by atoms with E-state index in [1.54, 1.807) is 26.0 Å². The number of carbonyl (C=O) groups is 1. The average Bonchev–Trinajstić information content (AvgIpc) is 2.41. The van der Waals surface area contributed by atoms with Gasteiger partial charge in [-0.1, -0.05) is 23.2 Å². The maximum absolute atomic E-state index is 12.3. The van der Waals surface area contributed by atoms with Gasteiger partial charge in [-0.2, -0.15) is 0 Å². The molecule has 0 aliphatic heterocycles. The van der Waals surface area contributed by atoms with Crippen molar-refractivity contribution < 1.29 is 15.0 Å². The number of aliphatic hydroxyl groups is 2. The number of carbonyl (C=O) groups excluding carboxylic acids is 1. The Kier molecular flexibility index (Phi) is 6.74. The Bertz CT molecular complexity index is 509. The molecule has 0 fully saturated rings. The van der Waals surface area contributed by atoms with Crippen molar-refractivity contribution in [1.29, 1.82) is 0 Å². The number of aryl methyl sites for hydroxylation is 1. The minimum absolute atomic E-state index is 0.102. The Labute approximate surface area is 134 Å². The lowest BCUT2D eigenvalue weighted by molar-refractivity contribution is 0.0995. The normalized spacial score (nSPS) is 13.7. The molecule has 0 spiro atoms. The van der Waals surface area contributed by atoms with Crippen molar-refractivity contribution in [2.45, 2.75) is 32.9 Å². The number of halogens is 2. The van der Waals surface area contributed by atoms with Gasteiger partial charge in [0.1, 0.15) is 0 Å². The Morgan fingerprint density at radius 1 is 1.33 bits per heavy atom. The van der Waals surface area contributed by atoms with E-state index >= 15 is 0 Å². The summed E-state index contributed by atoms with van der Waals surface area (Å²) in [5.74, 6) is 0. The number of anilines is 1. The van der Waals surface area contributed by atoms with E-state index in [-0.39, 0.29) is 13.2 Å². The molecule has 2 atom stereocenters. The number of nitrogens with one attached hydrogen (secondary N) is 1.